The van der Waals surface area contributed by atoms with E-state index in [0.717, 1.165) is 89.9 Å². The van der Waals surface area contributed by atoms with Gasteiger partial charge in [-0.05, 0) is 89.9 Å². The number of ether oxygens (including phenoxy) is 5. The molecule has 12 nitrogen and oxygen atoms in total. The van der Waals surface area contributed by atoms with Gasteiger partial charge in [0.25, 0.3) is 0 Å². The Morgan fingerprint density at radius 2 is 0.823 bits per heavy atom. The van der Waals surface area contributed by atoms with Gasteiger partial charge in [0, 0.05) is 19.3 Å². The fourth-order valence-electron chi connectivity index (χ4n) is 8.70. The topological polar surface area (TPSA) is 175 Å². The molecule has 1 aliphatic heterocycles. The molecule has 12 heteroatoms. The summed E-state index contributed by atoms with van der Waals surface area (Å²) in [5.74, 6) is -3.27. The summed E-state index contributed by atoms with van der Waals surface area (Å²) in [4.78, 5) is 51.2. The van der Waals surface area contributed by atoms with Crippen molar-refractivity contribution in [3.63, 3.8) is 0 Å². The average Bonchev–Trinajstić information content (AvgIpc) is 3.46. The summed E-state index contributed by atoms with van der Waals surface area (Å²) in [6, 6.07) is 0. The van der Waals surface area contributed by atoms with Gasteiger partial charge in [0.05, 0.1) is 6.61 Å². The predicted octanol–water partition coefficient (Wildman–Crippen LogP) is 16.2. The van der Waals surface area contributed by atoms with Gasteiger partial charge in [-0.25, -0.2) is 4.79 Å². The highest BCUT2D eigenvalue weighted by atomic mass is 16.7. The molecule has 1 aliphatic rings. The second kappa shape index (κ2) is 54.0. The Morgan fingerprint density at radius 1 is 0.430 bits per heavy atom. The van der Waals surface area contributed by atoms with E-state index in [1.54, 1.807) is 0 Å². The summed E-state index contributed by atoms with van der Waals surface area (Å²) in [6.45, 7) is 5.72. The summed E-state index contributed by atoms with van der Waals surface area (Å²) >= 11 is 0. The molecule has 3 N–H and O–H groups in total. The number of carboxylic acid groups (broad SMARTS) is 1. The van der Waals surface area contributed by atoms with Crippen LogP contribution in [0.2, 0.25) is 0 Å². The molecule has 6 unspecified atom stereocenters. The number of hydrogen-bond donors (Lipinski definition) is 3. The first kappa shape index (κ1) is 72.4. The second-order valence-corrected chi connectivity index (χ2v) is 20.6. The van der Waals surface area contributed by atoms with Crippen molar-refractivity contribution in [2.45, 2.75) is 276 Å². The van der Waals surface area contributed by atoms with Crippen molar-refractivity contribution in [2.75, 3.05) is 13.2 Å². The Hall–Kier alpha value is -4.62. The lowest BCUT2D eigenvalue weighted by atomic mass is 9.98. The van der Waals surface area contributed by atoms with E-state index in [4.69, 9.17) is 23.7 Å². The van der Waals surface area contributed by atoms with Crippen molar-refractivity contribution in [1.29, 1.82) is 0 Å². The number of aliphatic carboxylic acids is 1. The monoisotopic (exact) mass is 1100 g/mol. The molecule has 0 saturated carbocycles. The molecular formula is C67H108O12. The minimum absolute atomic E-state index is 0.0724. The first-order valence-electron chi connectivity index (χ1n) is 30.9. The normalized spacial score (nSPS) is 18.6. The van der Waals surface area contributed by atoms with E-state index in [2.05, 4.69) is 112 Å². The van der Waals surface area contributed by atoms with Crippen LogP contribution >= 0.6 is 0 Å². The van der Waals surface area contributed by atoms with Gasteiger partial charge >= 0.3 is 23.9 Å². The SMILES string of the molecule is CC/C=C\C/C=C\C/C=C\C/C=C\C/C=C\C/C=C\CCC(=O)OC1C(OCC(COC(=O)CCCCCCCCCCCCCCCCCCC)OC(=O)CCCCC/C=C\C/C=C\C/C=C\CC)OC(C(=O)O)C(O)C1O. The molecule has 0 aliphatic carbocycles. The van der Waals surface area contributed by atoms with Crippen LogP contribution in [-0.4, -0.2) is 89.2 Å². The lowest BCUT2D eigenvalue weighted by Crippen LogP contribution is -2.61. The van der Waals surface area contributed by atoms with Crippen molar-refractivity contribution >= 4 is 23.9 Å². The van der Waals surface area contributed by atoms with E-state index in [1.807, 2.05) is 18.2 Å². The van der Waals surface area contributed by atoms with E-state index < -0.39 is 67.3 Å². The van der Waals surface area contributed by atoms with Crippen LogP contribution in [0.3, 0.4) is 0 Å². The molecule has 0 radical (unpaired) electrons. The minimum Gasteiger partial charge on any atom is -0.479 e. The lowest BCUT2D eigenvalue weighted by molar-refractivity contribution is -0.301. The molecule has 0 spiro atoms. The lowest BCUT2D eigenvalue weighted by Gasteiger charge is -2.40. The molecule has 6 atom stereocenters. The number of aliphatic hydroxyl groups is 2. The summed E-state index contributed by atoms with van der Waals surface area (Å²) in [5.41, 5.74) is 0. The second-order valence-electron chi connectivity index (χ2n) is 20.6. The Morgan fingerprint density at radius 3 is 1.27 bits per heavy atom. The first-order chi connectivity index (χ1) is 38.6. The maximum Gasteiger partial charge on any atom is 0.335 e. The van der Waals surface area contributed by atoms with Crippen LogP contribution in [0.15, 0.2) is 109 Å². The van der Waals surface area contributed by atoms with Crippen LogP contribution in [0.5, 0.6) is 0 Å². The van der Waals surface area contributed by atoms with E-state index in [1.165, 1.54) is 83.5 Å². The molecule has 1 rings (SSSR count). The predicted molar refractivity (Wildman–Crippen MR) is 321 cm³/mol. The van der Waals surface area contributed by atoms with Gasteiger partial charge in [0.15, 0.2) is 24.6 Å². The molecule has 448 valence electrons. The fraction of sp³-hybridized carbons (Fsp3) is 0.672. The van der Waals surface area contributed by atoms with Crippen LogP contribution in [-0.2, 0) is 42.9 Å². The number of allylic oxidation sites excluding steroid dienone is 18. The molecule has 0 bridgehead atoms. The zero-order chi connectivity index (χ0) is 57.5. The number of unbranched alkanes of at least 4 members (excludes halogenated alkanes) is 19. The van der Waals surface area contributed by atoms with Gasteiger partial charge in [-0.3, -0.25) is 14.4 Å². The van der Waals surface area contributed by atoms with E-state index in [-0.39, 0.29) is 25.9 Å². The van der Waals surface area contributed by atoms with E-state index in [0.29, 0.717) is 25.7 Å². The molecule has 0 aromatic carbocycles. The van der Waals surface area contributed by atoms with Gasteiger partial charge < -0.3 is 39.0 Å². The van der Waals surface area contributed by atoms with Crippen molar-refractivity contribution in [3.05, 3.63) is 109 Å². The molecule has 0 aromatic heterocycles. The Kier molecular flexibility index (Phi) is 49.5. The third kappa shape index (κ3) is 43.8. The Labute approximate surface area is 478 Å². The quantitative estimate of drug-likeness (QED) is 0.0228. The van der Waals surface area contributed by atoms with Gasteiger partial charge in [-0.15, -0.1) is 0 Å². The largest absolute Gasteiger partial charge is 0.479 e. The zero-order valence-corrected chi connectivity index (χ0v) is 49.3. The highest BCUT2D eigenvalue weighted by molar-refractivity contribution is 5.74. The van der Waals surface area contributed by atoms with Gasteiger partial charge in [-0.2, -0.15) is 0 Å². The number of carboxylic acids is 1. The smallest absolute Gasteiger partial charge is 0.335 e. The highest BCUT2D eigenvalue weighted by Gasteiger charge is 2.50. The average molecular weight is 1110 g/mol. The van der Waals surface area contributed by atoms with E-state index >= 15 is 0 Å². The molecular weight excluding hydrogens is 997 g/mol. The van der Waals surface area contributed by atoms with Crippen LogP contribution < -0.4 is 0 Å². The summed E-state index contributed by atoms with van der Waals surface area (Å²) in [7, 11) is 0. The van der Waals surface area contributed by atoms with E-state index in [9.17, 15) is 34.5 Å². The van der Waals surface area contributed by atoms with Gasteiger partial charge in [0.1, 0.15) is 18.8 Å². The van der Waals surface area contributed by atoms with Crippen LogP contribution in [0, 0.1) is 0 Å². The summed E-state index contributed by atoms with van der Waals surface area (Å²) < 4.78 is 28.3. The van der Waals surface area contributed by atoms with Crippen molar-refractivity contribution in [3.8, 4) is 0 Å². The number of carbonyl (C=O) groups is 4. The van der Waals surface area contributed by atoms with Crippen LogP contribution in [0.25, 0.3) is 0 Å². The Bertz CT molecular complexity index is 1790. The fourth-order valence-corrected chi connectivity index (χ4v) is 8.70. The highest BCUT2D eigenvalue weighted by Crippen LogP contribution is 2.26. The third-order valence-corrected chi connectivity index (χ3v) is 13.4. The van der Waals surface area contributed by atoms with Crippen molar-refractivity contribution in [1.82, 2.24) is 0 Å². The number of hydrogen-bond acceptors (Lipinski definition) is 11. The van der Waals surface area contributed by atoms with Gasteiger partial charge in [-0.1, -0.05) is 239 Å². The number of aliphatic hydroxyl groups excluding tert-OH is 2. The maximum atomic E-state index is 13.1. The molecule has 1 saturated heterocycles. The van der Waals surface area contributed by atoms with Crippen molar-refractivity contribution < 1.29 is 58.2 Å². The third-order valence-electron chi connectivity index (χ3n) is 13.4. The van der Waals surface area contributed by atoms with Gasteiger partial charge in [0.2, 0.25) is 0 Å². The Balaban J connectivity index is 2.72. The van der Waals surface area contributed by atoms with Crippen LogP contribution in [0.4, 0.5) is 0 Å². The summed E-state index contributed by atoms with van der Waals surface area (Å²) in [5, 5.41) is 31.5. The number of esters is 3. The number of rotatable bonds is 51. The standard InChI is InChI=1S/C67H108O12/c1-4-7-10-13-16-19-22-25-27-29-30-32-34-37-40-43-46-49-52-55-61(70)78-65-63(72)62(71)64(66(73)74)79-67(65)76-57-58(77-60(69)54-51-48-45-42-39-35-24-21-18-15-12-9-6-3)56-75-59(68)53-50-47-44-41-38-36-33-31-28-26-23-20-17-14-11-8-5-2/h7,9-10,12,16,18-19,21,25,27,30,32,35,37,39-40,46,49,58,62-65,67,71-72H,4-6,8,11,13-15,17,20,22-24,26,28-29,31,33-34,36,38,41-45,47-48,50-57H2,1-3H3,(H,73,74)/b10-7-,12-9-,19-16-,21-18-,27-25-,32-30-,39-35-,40-37-,49-46-. The summed E-state index contributed by atoms with van der Waals surface area (Å²) in [6.07, 6.45) is 60.7. The van der Waals surface area contributed by atoms with Crippen LogP contribution in [0.1, 0.15) is 239 Å². The van der Waals surface area contributed by atoms with Crippen molar-refractivity contribution in [2.24, 2.45) is 0 Å². The zero-order valence-electron chi connectivity index (χ0n) is 49.3. The maximum absolute atomic E-state index is 13.1. The molecule has 1 heterocycles. The molecule has 0 amide bonds. The molecule has 79 heavy (non-hydrogen) atoms. The minimum atomic E-state index is -1.94. The number of carbonyl (C=O) groups excluding carboxylic acids is 3. The molecule has 0 aromatic rings. The first-order valence-corrected chi connectivity index (χ1v) is 30.9. The molecule has 1 fully saturated rings.